The van der Waals surface area contributed by atoms with Gasteiger partial charge in [0, 0.05) is 22.9 Å². The number of anilines is 1. The van der Waals surface area contributed by atoms with Gasteiger partial charge < -0.3 is 19.3 Å². The van der Waals surface area contributed by atoms with Crippen LogP contribution in [0, 0.1) is 0 Å². The van der Waals surface area contributed by atoms with Crippen molar-refractivity contribution in [3.8, 4) is 11.5 Å². The van der Waals surface area contributed by atoms with Crippen molar-refractivity contribution in [2.75, 3.05) is 25.7 Å². The summed E-state index contributed by atoms with van der Waals surface area (Å²) >= 11 is 0. The number of amides is 1. The molecule has 1 unspecified atom stereocenters. The van der Waals surface area contributed by atoms with Crippen molar-refractivity contribution in [2.45, 2.75) is 13.0 Å². The van der Waals surface area contributed by atoms with Crippen LogP contribution in [0.15, 0.2) is 84.1 Å². The molecule has 36 heavy (non-hydrogen) atoms. The minimum Gasteiger partial charge on any atom is -0.503 e. The van der Waals surface area contributed by atoms with Crippen molar-refractivity contribution in [2.24, 2.45) is 0 Å². The Labute approximate surface area is 208 Å². The molecule has 1 heterocycles. The van der Waals surface area contributed by atoms with E-state index in [2.05, 4.69) is 0 Å². The number of carbonyl (C=O) groups excluding carboxylic acids is 3. The summed E-state index contributed by atoms with van der Waals surface area (Å²) in [5, 5.41) is 11.0. The number of ether oxygens (including phenoxy) is 3. The molecule has 0 bridgehead atoms. The molecule has 0 aliphatic carbocycles. The van der Waals surface area contributed by atoms with Gasteiger partial charge in [0.1, 0.15) is 11.5 Å². The zero-order valence-electron chi connectivity index (χ0n) is 20.1. The summed E-state index contributed by atoms with van der Waals surface area (Å²) in [6.07, 6.45) is 0. The molecule has 3 aromatic rings. The summed E-state index contributed by atoms with van der Waals surface area (Å²) in [7, 11) is 2.98. The fourth-order valence-corrected chi connectivity index (χ4v) is 4.16. The summed E-state index contributed by atoms with van der Waals surface area (Å²) in [5.41, 5.74) is 1.40. The highest BCUT2D eigenvalue weighted by Crippen LogP contribution is 2.45. The lowest BCUT2D eigenvalue weighted by Gasteiger charge is -2.28. The van der Waals surface area contributed by atoms with E-state index >= 15 is 0 Å². The number of carbonyl (C=O) groups is 3. The zero-order valence-corrected chi connectivity index (χ0v) is 20.1. The van der Waals surface area contributed by atoms with Crippen molar-refractivity contribution in [1.82, 2.24) is 0 Å². The Balaban J connectivity index is 1.86. The minimum absolute atomic E-state index is 0.0795. The lowest BCUT2D eigenvalue weighted by molar-refractivity contribution is -0.117. The first-order valence-corrected chi connectivity index (χ1v) is 11.3. The molecule has 0 radical (unpaired) electrons. The maximum atomic E-state index is 13.6. The molecule has 8 nitrogen and oxygen atoms in total. The number of hydrogen-bond donors (Lipinski definition) is 1. The molecule has 0 saturated carbocycles. The van der Waals surface area contributed by atoms with Gasteiger partial charge in [0.15, 0.2) is 11.5 Å². The molecule has 1 atom stereocenters. The molecule has 0 spiro atoms. The molecular weight excluding hydrogens is 462 g/mol. The average Bonchev–Trinajstić information content (AvgIpc) is 3.18. The van der Waals surface area contributed by atoms with Crippen LogP contribution in [-0.4, -0.2) is 43.6 Å². The number of ketones is 1. The average molecular weight is 488 g/mol. The number of Topliss-reactive ketones (excluding diaryl/α,β-unsaturated/α-hetero) is 1. The van der Waals surface area contributed by atoms with Crippen LogP contribution in [0.4, 0.5) is 5.69 Å². The standard InChI is InChI=1S/C28H25NO7/c1-4-36-28(33)18-10-12-19(13-11-18)29-24(21-15-14-20(34-2)16-22(21)35-3)23(26(31)27(29)32)25(30)17-8-6-5-7-9-17/h5-16,24,31H,4H2,1-3H3. The van der Waals surface area contributed by atoms with Crippen LogP contribution in [0.25, 0.3) is 0 Å². The molecule has 1 N–H and O–H groups in total. The molecule has 4 rings (SSSR count). The van der Waals surface area contributed by atoms with Crippen LogP contribution in [0.2, 0.25) is 0 Å². The first-order chi connectivity index (χ1) is 17.4. The second-order valence-electron chi connectivity index (χ2n) is 7.91. The molecule has 1 aliphatic heterocycles. The maximum Gasteiger partial charge on any atom is 0.338 e. The Morgan fingerprint density at radius 1 is 0.917 bits per heavy atom. The molecule has 3 aromatic carbocycles. The third-order valence-corrected chi connectivity index (χ3v) is 5.88. The van der Waals surface area contributed by atoms with E-state index in [4.69, 9.17) is 14.2 Å². The number of hydrogen-bond acceptors (Lipinski definition) is 7. The Morgan fingerprint density at radius 3 is 2.22 bits per heavy atom. The van der Waals surface area contributed by atoms with Gasteiger partial charge in [-0.3, -0.25) is 14.5 Å². The normalized spacial score (nSPS) is 15.1. The number of aliphatic hydroxyl groups excluding tert-OH is 1. The highest BCUT2D eigenvalue weighted by molar-refractivity contribution is 6.21. The fourth-order valence-electron chi connectivity index (χ4n) is 4.16. The van der Waals surface area contributed by atoms with Crippen molar-refractivity contribution < 1.29 is 33.7 Å². The number of rotatable bonds is 8. The summed E-state index contributed by atoms with van der Waals surface area (Å²) in [6, 6.07) is 18.6. The summed E-state index contributed by atoms with van der Waals surface area (Å²) < 4.78 is 15.9. The van der Waals surface area contributed by atoms with Gasteiger partial charge in [0.2, 0.25) is 0 Å². The molecule has 1 aliphatic rings. The Hall–Kier alpha value is -4.59. The van der Waals surface area contributed by atoms with Crippen LogP contribution in [-0.2, 0) is 9.53 Å². The fraction of sp³-hybridized carbons (Fsp3) is 0.179. The van der Waals surface area contributed by atoms with E-state index in [0.29, 0.717) is 33.9 Å². The predicted molar refractivity (Wildman–Crippen MR) is 133 cm³/mol. The molecule has 8 heteroatoms. The van der Waals surface area contributed by atoms with Crippen LogP contribution < -0.4 is 14.4 Å². The number of nitrogens with zero attached hydrogens (tertiary/aromatic N) is 1. The smallest absolute Gasteiger partial charge is 0.338 e. The molecule has 0 saturated heterocycles. The first kappa shape index (κ1) is 24.5. The molecular formula is C28H25NO7. The lowest BCUT2D eigenvalue weighted by Crippen LogP contribution is -2.31. The van der Waals surface area contributed by atoms with Crippen LogP contribution in [0.1, 0.15) is 39.2 Å². The largest absolute Gasteiger partial charge is 0.503 e. The minimum atomic E-state index is -1.00. The van der Waals surface area contributed by atoms with Crippen molar-refractivity contribution in [3.63, 3.8) is 0 Å². The monoisotopic (exact) mass is 487 g/mol. The molecule has 1 amide bonds. The van der Waals surface area contributed by atoms with Crippen LogP contribution in [0.3, 0.4) is 0 Å². The Kier molecular flexibility index (Phi) is 7.05. The summed E-state index contributed by atoms with van der Waals surface area (Å²) in [6.45, 7) is 1.94. The summed E-state index contributed by atoms with van der Waals surface area (Å²) in [5.74, 6) is -1.49. The number of methoxy groups -OCH3 is 2. The van der Waals surface area contributed by atoms with E-state index < -0.39 is 29.5 Å². The van der Waals surface area contributed by atoms with Gasteiger partial charge >= 0.3 is 5.97 Å². The third-order valence-electron chi connectivity index (χ3n) is 5.88. The van der Waals surface area contributed by atoms with Crippen molar-refractivity contribution in [3.05, 3.63) is 101 Å². The number of esters is 1. The van der Waals surface area contributed by atoms with E-state index in [1.807, 2.05) is 0 Å². The summed E-state index contributed by atoms with van der Waals surface area (Å²) in [4.78, 5) is 40.4. The van der Waals surface area contributed by atoms with Gasteiger partial charge in [-0.25, -0.2) is 4.79 Å². The van der Waals surface area contributed by atoms with Crippen molar-refractivity contribution in [1.29, 1.82) is 0 Å². The maximum absolute atomic E-state index is 13.6. The second-order valence-corrected chi connectivity index (χ2v) is 7.91. The Bertz CT molecular complexity index is 1330. The van der Waals surface area contributed by atoms with Gasteiger partial charge in [-0.2, -0.15) is 0 Å². The number of benzene rings is 3. The van der Waals surface area contributed by atoms with Gasteiger partial charge in [-0.05, 0) is 43.3 Å². The van der Waals surface area contributed by atoms with Gasteiger partial charge in [-0.15, -0.1) is 0 Å². The van der Waals surface area contributed by atoms with Gasteiger partial charge in [-0.1, -0.05) is 30.3 Å². The Morgan fingerprint density at radius 2 is 1.61 bits per heavy atom. The van der Waals surface area contributed by atoms with E-state index in [9.17, 15) is 19.5 Å². The SMILES string of the molecule is CCOC(=O)c1ccc(N2C(=O)C(O)=C(C(=O)c3ccccc3)C2c2ccc(OC)cc2OC)cc1. The number of aliphatic hydroxyl groups is 1. The van der Waals surface area contributed by atoms with E-state index in [0.717, 1.165) is 0 Å². The van der Waals surface area contributed by atoms with Crippen LogP contribution >= 0.6 is 0 Å². The van der Waals surface area contributed by atoms with E-state index in [1.54, 1.807) is 67.6 Å². The predicted octanol–water partition coefficient (Wildman–Crippen LogP) is 4.66. The third kappa shape index (κ3) is 4.40. The molecule has 0 fully saturated rings. The highest BCUT2D eigenvalue weighted by atomic mass is 16.5. The topological polar surface area (TPSA) is 102 Å². The zero-order chi connectivity index (χ0) is 25.8. The highest BCUT2D eigenvalue weighted by Gasteiger charge is 2.45. The van der Waals surface area contributed by atoms with E-state index in [1.165, 1.54) is 31.3 Å². The van der Waals surface area contributed by atoms with Crippen molar-refractivity contribution >= 4 is 23.3 Å². The van der Waals surface area contributed by atoms with Crippen LogP contribution in [0.5, 0.6) is 11.5 Å². The van der Waals surface area contributed by atoms with Gasteiger partial charge in [0.25, 0.3) is 5.91 Å². The van der Waals surface area contributed by atoms with Gasteiger partial charge in [0.05, 0.1) is 38.0 Å². The van der Waals surface area contributed by atoms with E-state index in [-0.39, 0.29) is 12.2 Å². The molecule has 184 valence electrons. The quantitative estimate of drug-likeness (QED) is 0.364. The molecule has 0 aromatic heterocycles. The first-order valence-electron chi connectivity index (χ1n) is 11.3. The lowest BCUT2D eigenvalue weighted by atomic mass is 9.92. The second kappa shape index (κ2) is 10.4.